The van der Waals surface area contributed by atoms with Gasteiger partial charge < -0.3 is 15.4 Å². The molecule has 0 radical (unpaired) electrons. The molecular formula is C23H21FN6O3S. The number of benzene rings is 2. The van der Waals surface area contributed by atoms with Crippen molar-refractivity contribution in [3.63, 3.8) is 0 Å². The van der Waals surface area contributed by atoms with Crippen LogP contribution in [0.5, 0.6) is 5.75 Å². The number of methoxy groups -OCH3 is 1. The Morgan fingerprint density at radius 1 is 1.06 bits per heavy atom. The van der Waals surface area contributed by atoms with Gasteiger partial charge in [0.25, 0.3) is 5.91 Å². The molecule has 0 fully saturated rings. The number of rotatable bonds is 9. The summed E-state index contributed by atoms with van der Waals surface area (Å²) in [6.07, 6.45) is 0.392. The highest BCUT2D eigenvalue weighted by Crippen LogP contribution is 2.24. The largest absolute Gasteiger partial charge is 0.495 e. The first-order chi connectivity index (χ1) is 16.5. The van der Waals surface area contributed by atoms with E-state index in [1.807, 2.05) is 12.1 Å². The van der Waals surface area contributed by atoms with Gasteiger partial charge in [0, 0.05) is 18.5 Å². The van der Waals surface area contributed by atoms with Gasteiger partial charge in [-0.05, 0) is 48.5 Å². The molecular weight excluding hydrogens is 459 g/mol. The third-order valence-corrected chi connectivity index (χ3v) is 5.70. The maximum atomic E-state index is 13.0. The lowest BCUT2D eigenvalue weighted by Crippen LogP contribution is -2.26. The molecule has 9 nitrogen and oxygen atoms in total. The van der Waals surface area contributed by atoms with Gasteiger partial charge in [-0.1, -0.05) is 23.9 Å². The van der Waals surface area contributed by atoms with E-state index in [1.54, 1.807) is 35.9 Å². The molecule has 2 N–H and O–H groups in total. The zero-order valence-corrected chi connectivity index (χ0v) is 19.0. The third-order valence-electron chi connectivity index (χ3n) is 4.78. The molecule has 0 spiro atoms. The number of hydrogen-bond acceptors (Lipinski definition) is 7. The Kier molecular flexibility index (Phi) is 7.33. The lowest BCUT2D eigenvalue weighted by atomic mass is 10.2. The van der Waals surface area contributed by atoms with Gasteiger partial charge in [0.05, 0.1) is 18.6 Å². The van der Waals surface area contributed by atoms with Crippen molar-refractivity contribution < 1.29 is 18.7 Å². The third kappa shape index (κ3) is 5.67. The monoisotopic (exact) mass is 480 g/mol. The normalized spacial score (nSPS) is 10.8. The maximum absolute atomic E-state index is 13.0. The number of aromatic nitrogens is 4. The predicted octanol–water partition coefficient (Wildman–Crippen LogP) is 2.98. The molecule has 11 heteroatoms. The number of fused-ring (bicyclic) bond motifs is 1. The van der Waals surface area contributed by atoms with Gasteiger partial charge in [0.2, 0.25) is 5.91 Å². The summed E-state index contributed by atoms with van der Waals surface area (Å²) >= 11 is 1.27. The number of amides is 2. The van der Waals surface area contributed by atoms with Crippen molar-refractivity contribution in [3.05, 3.63) is 77.9 Å². The van der Waals surface area contributed by atoms with E-state index in [1.165, 1.54) is 36.0 Å². The molecule has 0 saturated carbocycles. The molecule has 2 aromatic heterocycles. The van der Waals surface area contributed by atoms with Crippen LogP contribution >= 0.6 is 11.8 Å². The van der Waals surface area contributed by atoms with E-state index in [2.05, 4.69) is 25.9 Å². The van der Waals surface area contributed by atoms with Crippen LogP contribution in [0.15, 0.2) is 65.7 Å². The Hall–Kier alpha value is -3.99. The van der Waals surface area contributed by atoms with Crippen LogP contribution in [0.25, 0.3) is 5.65 Å². The number of nitrogens with zero attached hydrogens (tertiary/aromatic N) is 4. The summed E-state index contributed by atoms with van der Waals surface area (Å²) < 4.78 is 19.8. The Morgan fingerprint density at radius 2 is 1.85 bits per heavy atom. The summed E-state index contributed by atoms with van der Waals surface area (Å²) in [6.45, 7) is 0.303. The summed E-state index contributed by atoms with van der Waals surface area (Å²) in [6, 6.07) is 16.0. The number of nitrogens with one attached hydrogen (secondary N) is 2. The molecule has 2 amide bonds. The van der Waals surface area contributed by atoms with E-state index in [0.29, 0.717) is 46.5 Å². The number of carbonyl (C=O) groups is 2. The molecule has 0 aliphatic rings. The molecule has 174 valence electrons. The number of ether oxygens (including phenoxy) is 1. The van der Waals surface area contributed by atoms with E-state index in [4.69, 9.17) is 4.74 Å². The highest BCUT2D eigenvalue weighted by molar-refractivity contribution is 7.99. The van der Waals surface area contributed by atoms with Gasteiger partial charge in [-0.3, -0.25) is 9.59 Å². The first-order valence-electron chi connectivity index (χ1n) is 10.3. The second kappa shape index (κ2) is 10.8. The molecule has 0 atom stereocenters. The second-order valence-electron chi connectivity index (χ2n) is 7.11. The lowest BCUT2D eigenvalue weighted by molar-refractivity contribution is -0.113. The van der Waals surface area contributed by atoms with Crippen LogP contribution in [-0.4, -0.2) is 51.0 Å². The van der Waals surface area contributed by atoms with Crippen molar-refractivity contribution in [1.82, 2.24) is 25.1 Å². The highest BCUT2D eigenvalue weighted by atomic mass is 32.2. The average molecular weight is 481 g/mol. The minimum Gasteiger partial charge on any atom is -0.495 e. The van der Waals surface area contributed by atoms with Crippen LogP contribution in [0.3, 0.4) is 0 Å². The zero-order chi connectivity index (χ0) is 23.9. The van der Waals surface area contributed by atoms with E-state index >= 15 is 0 Å². The van der Waals surface area contributed by atoms with Crippen LogP contribution in [-0.2, 0) is 11.2 Å². The Labute approximate surface area is 198 Å². The lowest BCUT2D eigenvalue weighted by Gasteiger charge is -2.09. The number of halogens is 1. The van der Waals surface area contributed by atoms with E-state index < -0.39 is 5.82 Å². The summed E-state index contributed by atoms with van der Waals surface area (Å²) in [5.74, 6) is 0.407. The summed E-state index contributed by atoms with van der Waals surface area (Å²) in [4.78, 5) is 24.5. The van der Waals surface area contributed by atoms with Crippen molar-refractivity contribution >= 4 is 34.9 Å². The second-order valence-corrected chi connectivity index (χ2v) is 8.10. The van der Waals surface area contributed by atoms with Crippen molar-refractivity contribution in [2.75, 3.05) is 24.7 Å². The minimum absolute atomic E-state index is 0.155. The molecule has 4 rings (SSSR count). The SMILES string of the molecule is COc1ccccc1NC(=O)CSc1ccc2nnc(CCNC(=O)c3ccc(F)cc3)n2n1. The van der Waals surface area contributed by atoms with Crippen molar-refractivity contribution in [3.8, 4) is 5.75 Å². The number of carbonyl (C=O) groups excluding carboxylic acids is 2. The zero-order valence-electron chi connectivity index (χ0n) is 18.2. The number of hydrogen-bond donors (Lipinski definition) is 2. The fourth-order valence-electron chi connectivity index (χ4n) is 3.11. The van der Waals surface area contributed by atoms with Crippen molar-refractivity contribution in [2.24, 2.45) is 0 Å². The van der Waals surface area contributed by atoms with Gasteiger partial charge in [-0.2, -0.15) is 9.61 Å². The molecule has 0 saturated heterocycles. The fourth-order valence-corrected chi connectivity index (χ4v) is 3.77. The molecule has 0 aliphatic heterocycles. The quantitative estimate of drug-likeness (QED) is 0.354. The first kappa shape index (κ1) is 23.2. The van der Waals surface area contributed by atoms with E-state index in [-0.39, 0.29) is 17.6 Å². The van der Waals surface area contributed by atoms with Gasteiger partial charge in [0.1, 0.15) is 16.6 Å². The van der Waals surface area contributed by atoms with E-state index in [9.17, 15) is 14.0 Å². The van der Waals surface area contributed by atoms with Crippen molar-refractivity contribution in [1.29, 1.82) is 0 Å². The molecule has 2 aromatic carbocycles. The topological polar surface area (TPSA) is 111 Å². The maximum Gasteiger partial charge on any atom is 0.251 e. The standard InChI is InChI=1S/C23H21FN6O3S/c1-33-18-5-3-2-4-17(18)26-21(31)14-34-22-11-10-19-27-28-20(30(19)29-22)12-13-25-23(32)15-6-8-16(24)9-7-15/h2-11H,12-14H2,1H3,(H,25,32)(H,26,31). The number of para-hydroxylation sites is 2. The predicted molar refractivity (Wildman–Crippen MR) is 126 cm³/mol. The average Bonchev–Trinajstić information content (AvgIpc) is 3.25. The first-order valence-corrected chi connectivity index (χ1v) is 11.3. The van der Waals surface area contributed by atoms with Crippen molar-refractivity contribution in [2.45, 2.75) is 11.4 Å². The molecule has 34 heavy (non-hydrogen) atoms. The Balaban J connectivity index is 1.34. The van der Waals surface area contributed by atoms with E-state index in [0.717, 1.165) is 0 Å². The van der Waals surface area contributed by atoms with Crippen LogP contribution in [0.4, 0.5) is 10.1 Å². The van der Waals surface area contributed by atoms with Crippen LogP contribution in [0, 0.1) is 5.82 Å². The minimum atomic E-state index is -0.400. The number of anilines is 1. The highest BCUT2D eigenvalue weighted by Gasteiger charge is 2.12. The summed E-state index contributed by atoms with van der Waals surface area (Å²) in [5, 5.41) is 19.0. The Bertz CT molecular complexity index is 1310. The van der Waals surface area contributed by atoms with Gasteiger partial charge in [0.15, 0.2) is 11.5 Å². The van der Waals surface area contributed by atoms with Gasteiger partial charge in [-0.25, -0.2) is 4.39 Å². The fraction of sp³-hybridized carbons (Fsp3) is 0.174. The van der Waals surface area contributed by atoms with Crippen LogP contribution in [0.1, 0.15) is 16.2 Å². The molecule has 0 aliphatic carbocycles. The van der Waals surface area contributed by atoms with Crippen LogP contribution < -0.4 is 15.4 Å². The van der Waals surface area contributed by atoms with Gasteiger partial charge >= 0.3 is 0 Å². The molecule has 0 bridgehead atoms. The number of thioether (sulfide) groups is 1. The Morgan fingerprint density at radius 3 is 2.65 bits per heavy atom. The molecule has 0 unspecified atom stereocenters. The summed E-state index contributed by atoms with van der Waals surface area (Å²) in [7, 11) is 1.55. The van der Waals surface area contributed by atoms with Crippen LogP contribution in [0.2, 0.25) is 0 Å². The smallest absolute Gasteiger partial charge is 0.251 e. The molecule has 2 heterocycles. The molecule has 4 aromatic rings. The summed E-state index contributed by atoms with van der Waals surface area (Å²) in [5.41, 5.74) is 1.53. The van der Waals surface area contributed by atoms with Gasteiger partial charge in [-0.15, -0.1) is 10.2 Å².